The Bertz CT molecular complexity index is 1090. The van der Waals surface area contributed by atoms with Gasteiger partial charge in [0.2, 0.25) is 5.91 Å². The largest absolute Gasteiger partial charge is 0.466 e. The van der Waals surface area contributed by atoms with Crippen molar-refractivity contribution in [2.45, 2.75) is 38.8 Å². The van der Waals surface area contributed by atoms with E-state index in [0.29, 0.717) is 13.0 Å². The lowest BCUT2D eigenvalue weighted by Gasteiger charge is -2.37. The molecule has 0 saturated carbocycles. The number of allylic oxidation sites excluding steroid dienone is 1. The number of nitrogens with zero attached hydrogens (tertiary/aromatic N) is 3. The fourth-order valence-corrected chi connectivity index (χ4v) is 3.72. The molecule has 1 aliphatic heterocycles. The first-order chi connectivity index (χ1) is 16.8. The van der Waals surface area contributed by atoms with E-state index >= 15 is 0 Å². The van der Waals surface area contributed by atoms with Gasteiger partial charge in [0.15, 0.2) is 11.6 Å². The molecule has 3 rings (SSSR count). The van der Waals surface area contributed by atoms with Gasteiger partial charge in [-0.2, -0.15) is 0 Å². The summed E-state index contributed by atoms with van der Waals surface area (Å²) in [5, 5.41) is 6.63. The highest BCUT2D eigenvalue weighted by Gasteiger charge is 2.39. The third-order valence-electron chi connectivity index (χ3n) is 5.45. The Morgan fingerprint density at radius 3 is 2.66 bits per heavy atom. The zero-order valence-corrected chi connectivity index (χ0v) is 19.5. The van der Waals surface area contributed by atoms with Crippen molar-refractivity contribution in [3.05, 3.63) is 65.4 Å². The Morgan fingerprint density at radius 1 is 1.20 bits per heavy atom. The highest BCUT2D eigenvalue weighted by Crippen LogP contribution is 2.33. The SMILES string of the molecule is COC(=O)C1=C(C)NC(=O)N(NC(=O)CCCNCCCn2ccnc2)C1c1ccc(F)c(F)c1. The number of amides is 3. The van der Waals surface area contributed by atoms with Gasteiger partial charge in [-0.25, -0.2) is 28.4 Å². The molecule has 0 aliphatic carbocycles. The van der Waals surface area contributed by atoms with Crippen LogP contribution in [0.2, 0.25) is 0 Å². The molecular weight excluding hydrogens is 462 g/mol. The molecule has 0 fully saturated rings. The summed E-state index contributed by atoms with van der Waals surface area (Å²) in [5.74, 6) is -3.49. The number of benzene rings is 1. The van der Waals surface area contributed by atoms with Crippen molar-refractivity contribution in [2.24, 2.45) is 0 Å². The number of imidazole rings is 1. The number of carbonyl (C=O) groups is 3. The van der Waals surface area contributed by atoms with E-state index in [1.807, 2.05) is 10.8 Å². The molecule has 1 atom stereocenters. The number of hydrogen-bond acceptors (Lipinski definition) is 6. The van der Waals surface area contributed by atoms with Gasteiger partial charge in [0.05, 0.1) is 19.0 Å². The number of aryl methyl sites for hydroxylation is 1. The van der Waals surface area contributed by atoms with E-state index in [1.54, 1.807) is 12.5 Å². The van der Waals surface area contributed by atoms with Gasteiger partial charge in [-0.3, -0.25) is 10.2 Å². The standard InChI is InChI=1S/C23H28F2N6O4/c1-15-20(22(33)35-2)21(16-6-7-17(24)18(25)13-16)31(23(34)28-15)29-19(32)5-3-8-26-9-4-11-30-12-10-27-14-30/h6-7,10,12-14,21,26H,3-5,8-9,11H2,1-2H3,(H,28,34)(H,29,32). The molecule has 1 aromatic carbocycles. The minimum absolute atomic E-state index is 0.0158. The predicted octanol–water partition coefficient (Wildman–Crippen LogP) is 2.17. The summed E-state index contributed by atoms with van der Waals surface area (Å²) in [6.45, 7) is 3.66. The van der Waals surface area contributed by atoms with Crippen LogP contribution in [0.3, 0.4) is 0 Å². The first-order valence-electron chi connectivity index (χ1n) is 11.1. The van der Waals surface area contributed by atoms with E-state index in [-0.39, 0.29) is 23.3 Å². The Balaban J connectivity index is 1.62. The molecule has 0 bridgehead atoms. The van der Waals surface area contributed by atoms with Crippen molar-refractivity contribution in [1.29, 1.82) is 0 Å². The van der Waals surface area contributed by atoms with Crippen LogP contribution in [0.4, 0.5) is 13.6 Å². The van der Waals surface area contributed by atoms with Crippen LogP contribution in [-0.2, 0) is 20.9 Å². The predicted molar refractivity (Wildman–Crippen MR) is 121 cm³/mol. The molecule has 188 valence electrons. The molecule has 10 nitrogen and oxygen atoms in total. The van der Waals surface area contributed by atoms with Crippen molar-refractivity contribution in [3.63, 3.8) is 0 Å². The number of methoxy groups -OCH3 is 1. The molecule has 2 aromatic rings. The first-order valence-corrected chi connectivity index (χ1v) is 11.1. The van der Waals surface area contributed by atoms with Crippen molar-refractivity contribution < 1.29 is 27.9 Å². The zero-order valence-electron chi connectivity index (χ0n) is 19.5. The quantitative estimate of drug-likeness (QED) is 0.328. The van der Waals surface area contributed by atoms with Crippen molar-refractivity contribution in [3.8, 4) is 0 Å². The number of urea groups is 1. The normalized spacial score (nSPS) is 15.7. The van der Waals surface area contributed by atoms with Gasteiger partial charge in [-0.1, -0.05) is 6.07 Å². The van der Waals surface area contributed by atoms with Crippen molar-refractivity contribution >= 4 is 17.9 Å². The summed E-state index contributed by atoms with van der Waals surface area (Å²) in [4.78, 5) is 41.7. The van der Waals surface area contributed by atoms with E-state index in [9.17, 15) is 23.2 Å². The summed E-state index contributed by atoms with van der Waals surface area (Å²) >= 11 is 0. The first kappa shape index (κ1) is 25.8. The van der Waals surface area contributed by atoms with E-state index in [1.165, 1.54) is 13.0 Å². The van der Waals surface area contributed by atoms with Crippen LogP contribution in [0, 0.1) is 11.6 Å². The summed E-state index contributed by atoms with van der Waals surface area (Å²) in [6.07, 6.45) is 6.85. The highest BCUT2D eigenvalue weighted by molar-refractivity contribution is 5.95. The number of carbonyl (C=O) groups excluding carboxylic acids is 3. The van der Waals surface area contributed by atoms with Gasteiger partial charge in [0, 0.05) is 31.1 Å². The molecular formula is C23H28F2N6O4. The summed E-state index contributed by atoms with van der Waals surface area (Å²) in [5.41, 5.74) is 2.75. The smallest absolute Gasteiger partial charge is 0.341 e. The number of ether oxygens (including phenoxy) is 1. The van der Waals surface area contributed by atoms with Crippen molar-refractivity contribution in [2.75, 3.05) is 20.2 Å². The van der Waals surface area contributed by atoms with Gasteiger partial charge in [-0.15, -0.1) is 0 Å². The third-order valence-corrected chi connectivity index (χ3v) is 5.45. The van der Waals surface area contributed by atoms with Crippen LogP contribution in [0.5, 0.6) is 0 Å². The number of hydrazine groups is 1. The molecule has 3 amide bonds. The van der Waals surface area contributed by atoms with Crippen molar-refractivity contribution in [1.82, 2.24) is 30.6 Å². The lowest BCUT2D eigenvalue weighted by Crippen LogP contribution is -2.56. The fourth-order valence-electron chi connectivity index (χ4n) is 3.72. The van der Waals surface area contributed by atoms with Gasteiger partial charge in [0.1, 0.15) is 6.04 Å². The van der Waals surface area contributed by atoms with Gasteiger partial charge in [-0.05, 0) is 50.6 Å². The van der Waals surface area contributed by atoms with E-state index in [0.717, 1.165) is 43.8 Å². The molecule has 3 N–H and O–H groups in total. The molecule has 0 radical (unpaired) electrons. The Hall–Kier alpha value is -3.80. The number of rotatable bonds is 11. The van der Waals surface area contributed by atoms with Gasteiger partial charge < -0.3 is 19.9 Å². The number of halogens is 2. The lowest BCUT2D eigenvalue weighted by molar-refractivity contribution is -0.138. The second-order valence-electron chi connectivity index (χ2n) is 7.95. The lowest BCUT2D eigenvalue weighted by atomic mass is 9.94. The maximum Gasteiger partial charge on any atom is 0.341 e. The minimum Gasteiger partial charge on any atom is -0.466 e. The van der Waals surface area contributed by atoms with Crippen LogP contribution in [0.15, 0.2) is 48.2 Å². The average molecular weight is 491 g/mol. The summed E-state index contributed by atoms with van der Waals surface area (Å²) < 4.78 is 34.3. The summed E-state index contributed by atoms with van der Waals surface area (Å²) in [7, 11) is 1.16. The second kappa shape index (κ2) is 12.1. The number of nitrogens with one attached hydrogen (secondary N) is 3. The number of esters is 1. The van der Waals surface area contributed by atoms with Crippen LogP contribution >= 0.6 is 0 Å². The molecule has 1 aliphatic rings. The van der Waals surface area contributed by atoms with E-state index < -0.39 is 35.6 Å². The highest BCUT2D eigenvalue weighted by atomic mass is 19.2. The molecule has 0 spiro atoms. The summed E-state index contributed by atoms with van der Waals surface area (Å²) in [6, 6.07) is 1.07. The van der Waals surface area contributed by atoms with E-state index in [4.69, 9.17) is 4.74 Å². The zero-order chi connectivity index (χ0) is 25.4. The topological polar surface area (TPSA) is 118 Å². The average Bonchev–Trinajstić information content (AvgIpc) is 3.35. The third kappa shape index (κ3) is 6.63. The molecule has 12 heteroatoms. The minimum atomic E-state index is -1.21. The molecule has 2 heterocycles. The Kier molecular flexibility index (Phi) is 8.90. The monoisotopic (exact) mass is 490 g/mol. The fraction of sp³-hybridized carbons (Fsp3) is 0.391. The van der Waals surface area contributed by atoms with Gasteiger partial charge >= 0.3 is 12.0 Å². The Morgan fingerprint density at radius 2 is 1.97 bits per heavy atom. The molecule has 1 aromatic heterocycles. The van der Waals surface area contributed by atoms with Crippen LogP contribution in [0.25, 0.3) is 0 Å². The van der Waals surface area contributed by atoms with Crippen LogP contribution in [-0.4, -0.2) is 52.7 Å². The van der Waals surface area contributed by atoms with Crippen LogP contribution < -0.4 is 16.1 Å². The maximum absolute atomic E-state index is 14.0. The maximum atomic E-state index is 14.0. The number of hydrogen-bond donors (Lipinski definition) is 3. The number of aromatic nitrogens is 2. The van der Waals surface area contributed by atoms with Crippen LogP contribution in [0.1, 0.15) is 37.8 Å². The molecule has 35 heavy (non-hydrogen) atoms. The second-order valence-corrected chi connectivity index (χ2v) is 7.95. The Labute approximate surface area is 201 Å². The molecule has 1 unspecified atom stereocenters. The van der Waals surface area contributed by atoms with Gasteiger partial charge in [0.25, 0.3) is 0 Å². The van der Waals surface area contributed by atoms with E-state index in [2.05, 4.69) is 21.0 Å². The molecule has 0 saturated heterocycles.